The van der Waals surface area contributed by atoms with E-state index >= 15 is 0 Å². The highest BCUT2D eigenvalue weighted by Gasteiger charge is 2.27. The van der Waals surface area contributed by atoms with Gasteiger partial charge in [-0.25, -0.2) is 0 Å². The van der Waals surface area contributed by atoms with Crippen molar-refractivity contribution in [1.82, 2.24) is 0 Å². The number of aromatic hydroxyl groups is 2. The van der Waals surface area contributed by atoms with Gasteiger partial charge in [0.2, 0.25) is 0 Å². The Balaban J connectivity index is 1.62. The second kappa shape index (κ2) is 9.53. The molecule has 0 aliphatic rings. The minimum Gasteiger partial charge on any atom is -0.507 e. The van der Waals surface area contributed by atoms with Gasteiger partial charge in [0, 0.05) is 34.5 Å². The van der Waals surface area contributed by atoms with E-state index in [1.807, 2.05) is 105 Å². The molecule has 4 aromatic carbocycles. The van der Waals surface area contributed by atoms with E-state index in [1.165, 1.54) is 0 Å². The zero-order valence-corrected chi connectivity index (χ0v) is 18.7. The molecule has 0 heterocycles. The molecule has 33 heavy (non-hydrogen) atoms. The molecule has 0 saturated heterocycles. The van der Waals surface area contributed by atoms with Gasteiger partial charge in [0.1, 0.15) is 11.5 Å². The number of nitrogens with zero attached hydrogens (tertiary/aromatic N) is 2. The first kappa shape index (κ1) is 22.0. The topological polar surface area (TPSA) is 65.2 Å². The lowest BCUT2D eigenvalue weighted by Gasteiger charge is -2.27. The van der Waals surface area contributed by atoms with E-state index in [1.54, 1.807) is 18.5 Å². The van der Waals surface area contributed by atoms with Crippen molar-refractivity contribution >= 4 is 23.8 Å². The Bertz CT molecular complexity index is 1290. The van der Waals surface area contributed by atoms with Crippen LogP contribution in [0.15, 0.2) is 107 Å². The van der Waals surface area contributed by atoms with Crippen LogP contribution in [-0.4, -0.2) is 22.6 Å². The van der Waals surface area contributed by atoms with Gasteiger partial charge < -0.3 is 10.2 Å². The molecular formula is C29H26N2O2. The molecule has 0 fully saturated rings. The average molecular weight is 435 g/mol. The second-order valence-electron chi connectivity index (χ2n) is 8.33. The SMILES string of the molecule is CC(C)(c1ccc(C=Nc2ccccc2)c(O)c1)c1cccc(C=Nc2ccccc2)c1O. The van der Waals surface area contributed by atoms with Crippen LogP contribution in [0.4, 0.5) is 11.4 Å². The standard InChI is InChI=1S/C29H26N2O2/c1-29(2,23-17-16-21(27(32)18-23)19-30-24-11-5-3-6-12-24)26-15-9-10-22(28(26)33)20-31-25-13-7-4-8-14-25/h3-20,32-33H,1-2H3. The summed E-state index contributed by atoms with van der Waals surface area (Å²) in [5.74, 6) is 0.318. The number of para-hydroxylation sites is 3. The number of phenolic OH excluding ortho intramolecular Hbond substituents is 2. The fourth-order valence-corrected chi connectivity index (χ4v) is 3.68. The van der Waals surface area contributed by atoms with E-state index in [0.717, 1.165) is 22.5 Å². The number of rotatable bonds is 6. The van der Waals surface area contributed by atoms with E-state index in [2.05, 4.69) is 9.98 Å². The van der Waals surface area contributed by atoms with Gasteiger partial charge in [0.05, 0.1) is 11.4 Å². The Labute approximate surface area is 194 Å². The highest BCUT2D eigenvalue weighted by molar-refractivity contribution is 5.87. The molecule has 0 saturated carbocycles. The number of phenols is 2. The third-order valence-corrected chi connectivity index (χ3v) is 5.71. The Hall–Kier alpha value is -4.18. The van der Waals surface area contributed by atoms with Crippen LogP contribution in [0.2, 0.25) is 0 Å². The number of hydrogen-bond donors (Lipinski definition) is 2. The molecule has 4 rings (SSSR count). The predicted octanol–water partition coefficient (Wildman–Crippen LogP) is 6.92. The third-order valence-electron chi connectivity index (χ3n) is 5.71. The summed E-state index contributed by atoms with van der Waals surface area (Å²) in [7, 11) is 0. The first-order valence-electron chi connectivity index (χ1n) is 10.8. The average Bonchev–Trinajstić information content (AvgIpc) is 2.84. The molecule has 0 aliphatic heterocycles. The van der Waals surface area contributed by atoms with Crippen LogP contribution >= 0.6 is 0 Å². The van der Waals surface area contributed by atoms with Crippen LogP contribution in [0, 0.1) is 0 Å². The molecule has 0 bridgehead atoms. The summed E-state index contributed by atoms with van der Waals surface area (Å²) in [6.45, 7) is 4.04. The normalized spacial score (nSPS) is 11.9. The zero-order chi connectivity index (χ0) is 23.3. The molecule has 0 atom stereocenters. The first-order valence-corrected chi connectivity index (χ1v) is 10.8. The van der Waals surface area contributed by atoms with Crippen LogP contribution < -0.4 is 0 Å². The molecule has 0 unspecified atom stereocenters. The molecule has 4 heteroatoms. The summed E-state index contributed by atoms with van der Waals surface area (Å²) in [6, 6.07) is 30.4. The molecule has 0 aromatic heterocycles. The summed E-state index contributed by atoms with van der Waals surface area (Å²) in [4.78, 5) is 8.88. The summed E-state index contributed by atoms with van der Waals surface area (Å²) < 4.78 is 0. The Morgan fingerprint density at radius 3 is 1.79 bits per heavy atom. The molecule has 2 N–H and O–H groups in total. The van der Waals surface area contributed by atoms with Gasteiger partial charge in [-0.2, -0.15) is 0 Å². The van der Waals surface area contributed by atoms with E-state index in [-0.39, 0.29) is 11.5 Å². The molecule has 0 radical (unpaired) electrons. The van der Waals surface area contributed by atoms with Gasteiger partial charge in [-0.3, -0.25) is 9.98 Å². The number of aliphatic imine (C=N–C) groups is 2. The van der Waals surface area contributed by atoms with E-state index in [9.17, 15) is 10.2 Å². The molecule has 0 aliphatic carbocycles. The number of benzene rings is 4. The fraction of sp³-hybridized carbons (Fsp3) is 0.103. The minimum atomic E-state index is -0.548. The summed E-state index contributed by atoms with van der Waals surface area (Å²) in [5, 5.41) is 21.7. The van der Waals surface area contributed by atoms with Crippen molar-refractivity contribution in [3.63, 3.8) is 0 Å². The van der Waals surface area contributed by atoms with Crippen LogP contribution in [0.25, 0.3) is 0 Å². The molecular weight excluding hydrogens is 408 g/mol. The quantitative estimate of drug-likeness (QED) is 0.323. The lowest BCUT2D eigenvalue weighted by molar-refractivity contribution is 0.449. The maximum Gasteiger partial charge on any atom is 0.128 e. The van der Waals surface area contributed by atoms with Gasteiger partial charge in [0.15, 0.2) is 0 Å². The predicted molar refractivity (Wildman–Crippen MR) is 136 cm³/mol. The maximum atomic E-state index is 11.0. The van der Waals surface area contributed by atoms with Crippen LogP contribution in [0.1, 0.15) is 36.1 Å². The largest absolute Gasteiger partial charge is 0.507 e. The summed E-state index contributed by atoms with van der Waals surface area (Å²) >= 11 is 0. The highest BCUT2D eigenvalue weighted by Crippen LogP contribution is 2.39. The Morgan fingerprint density at radius 2 is 1.21 bits per heavy atom. The van der Waals surface area contributed by atoms with Crippen molar-refractivity contribution in [1.29, 1.82) is 0 Å². The summed E-state index contributed by atoms with van der Waals surface area (Å²) in [6.07, 6.45) is 3.32. The zero-order valence-electron chi connectivity index (χ0n) is 18.7. The molecule has 4 aromatic rings. The van der Waals surface area contributed by atoms with E-state index in [0.29, 0.717) is 11.1 Å². The monoisotopic (exact) mass is 434 g/mol. The lowest BCUT2D eigenvalue weighted by Crippen LogP contribution is -2.19. The second-order valence-corrected chi connectivity index (χ2v) is 8.33. The van der Waals surface area contributed by atoms with Gasteiger partial charge >= 0.3 is 0 Å². The van der Waals surface area contributed by atoms with Gasteiger partial charge in [-0.1, -0.05) is 68.4 Å². The van der Waals surface area contributed by atoms with Crippen molar-refractivity contribution in [3.05, 3.63) is 119 Å². The highest BCUT2D eigenvalue weighted by atomic mass is 16.3. The van der Waals surface area contributed by atoms with E-state index < -0.39 is 5.41 Å². The van der Waals surface area contributed by atoms with Crippen molar-refractivity contribution in [2.75, 3.05) is 0 Å². The molecule has 164 valence electrons. The van der Waals surface area contributed by atoms with Crippen LogP contribution in [0.3, 0.4) is 0 Å². The van der Waals surface area contributed by atoms with Gasteiger partial charge in [-0.15, -0.1) is 0 Å². The Morgan fingerprint density at radius 1 is 0.636 bits per heavy atom. The van der Waals surface area contributed by atoms with Gasteiger partial charge in [-0.05, 0) is 48.0 Å². The molecule has 0 amide bonds. The third kappa shape index (κ3) is 5.01. The van der Waals surface area contributed by atoms with Crippen LogP contribution in [0.5, 0.6) is 11.5 Å². The fourth-order valence-electron chi connectivity index (χ4n) is 3.68. The first-order chi connectivity index (χ1) is 15.9. The van der Waals surface area contributed by atoms with Crippen molar-refractivity contribution < 1.29 is 10.2 Å². The van der Waals surface area contributed by atoms with Crippen molar-refractivity contribution in [3.8, 4) is 11.5 Å². The van der Waals surface area contributed by atoms with Crippen molar-refractivity contribution in [2.45, 2.75) is 19.3 Å². The van der Waals surface area contributed by atoms with Crippen LogP contribution in [-0.2, 0) is 5.41 Å². The van der Waals surface area contributed by atoms with E-state index in [4.69, 9.17) is 0 Å². The van der Waals surface area contributed by atoms with Crippen molar-refractivity contribution in [2.24, 2.45) is 9.98 Å². The summed E-state index contributed by atoms with van der Waals surface area (Å²) in [5.41, 5.74) is 3.99. The Kier molecular flexibility index (Phi) is 6.36. The lowest BCUT2D eigenvalue weighted by atomic mass is 9.77. The molecule has 0 spiro atoms. The maximum absolute atomic E-state index is 11.0. The number of hydrogen-bond acceptors (Lipinski definition) is 4. The minimum absolute atomic E-state index is 0.140. The molecule has 4 nitrogen and oxygen atoms in total. The van der Waals surface area contributed by atoms with Gasteiger partial charge in [0.25, 0.3) is 0 Å². The smallest absolute Gasteiger partial charge is 0.128 e.